The van der Waals surface area contributed by atoms with Gasteiger partial charge >= 0.3 is 0 Å². The van der Waals surface area contributed by atoms with Gasteiger partial charge in [-0.2, -0.15) is 88.4 Å². The van der Waals surface area contributed by atoms with Gasteiger partial charge in [0.25, 0.3) is 0 Å². The molecule has 0 spiro atoms. The lowest BCUT2D eigenvalue weighted by Crippen LogP contribution is -2.47. The molecule has 10 nitrogen and oxygen atoms in total. The zero-order chi connectivity index (χ0) is 41.3. The number of thiol groups is 7. The summed E-state index contributed by atoms with van der Waals surface area (Å²) < 4.78 is 62.8. The fourth-order valence-electron chi connectivity index (χ4n) is 5.18. The fraction of sp³-hybridized carbons (Fsp3) is 0.923. The van der Waals surface area contributed by atoms with Crippen LogP contribution in [0.4, 0.5) is 0 Å². The van der Waals surface area contributed by atoms with Crippen LogP contribution in [0.5, 0.6) is 0 Å². The average molecular weight is 929 g/mol. The zero-order valence-corrected chi connectivity index (χ0v) is 40.1. The minimum Gasteiger partial charge on any atom is -0.492 e. The van der Waals surface area contributed by atoms with Crippen LogP contribution in [0.3, 0.4) is 0 Å². The van der Waals surface area contributed by atoms with Gasteiger partial charge in [-0.1, -0.05) is 12.3 Å². The quantitative estimate of drug-likeness (QED) is 0.0156. The first-order valence-electron chi connectivity index (χ1n) is 19.8. The number of ether oxygens (including phenoxy) is 10. The van der Waals surface area contributed by atoms with Crippen LogP contribution in [0.1, 0.15) is 44.9 Å². The molecular formula is C39H76O10S7. The SMILES string of the molecule is C=C=COCC(COCCCS)(COCCCS)COCC(COCCCS)(COCCCS)COCC(COCCCS)(COCCCS)COCCCS. The van der Waals surface area contributed by atoms with Crippen molar-refractivity contribution in [3.8, 4) is 0 Å². The van der Waals surface area contributed by atoms with Crippen molar-refractivity contribution in [2.24, 2.45) is 16.2 Å². The molecule has 0 radical (unpaired) electrons. The second kappa shape index (κ2) is 41.7. The molecule has 0 aromatic carbocycles. The fourth-order valence-corrected chi connectivity index (χ4v) is 6.09. The molecule has 0 amide bonds. The summed E-state index contributed by atoms with van der Waals surface area (Å²) in [4.78, 5) is 0. The van der Waals surface area contributed by atoms with Crippen LogP contribution in [-0.2, 0) is 47.4 Å². The minimum atomic E-state index is -0.668. The maximum absolute atomic E-state index is 6.73. The van der Waals surface area contributed by atoms with Gasteiger partial charge < -0.3 is 47.4 Å². The van der Waals surface area contributed by atoms with Crippen molar-refractivity contribution in [3.63, 3.8) is 0 Å². The molecule has 0 fully saturated rings. The second-order valence-corrected chi connectivity index (χ2v) is 17.2. The van der Waals surface area contributed by atoms with Gasteiger partial charge in [-0.15, -0.1) is 0 Å². The maximum Gasteiger partial charge on any atom is 0.124 e. The summed E-state index contributed by atoms with van der Waals surface area (Å²) >= 11 is 30.6. The minimum absolute atomic E-state index is 0.281. The van der Waals surface area contributed by atoms with E-state index in [1.807, 2.05) is 0 Å². The molecule has 0 aromatic heterocycles. The first-order chi connectivity index (χ1) is 27.4. The smallest absolute Gasteiger partial charge is 0.124 e. The molecule has 0 aliphatic carbocycles. The Morgan fingerprint density at radius 1 is 0.321 bits per heavy atom. The Hall–Kier alpha value is 1.41. The van der Waals surface area contributed by atoms with Crippen molar-refractivity contribution in [3.05, 3.63) is 18.6 Å². The topological polar surface area (TPSA) is 92.3 Å². The molecule has 0 rings (SSSR count). The molecular weight excluding hydrogens is 853 g/mol. The van der Waals surface area contributed by atoms with Gasteiger partial charge in [0.2, 0.25) is 0 Å². The lowest BCUT2D eigenvalue weighted by Gasteiger charge is -2.38. The van der Waals surface area contributed by atoms with Crippen molar-refractivity contribution in [2.75, 3.05) is 166 Å². The summed E-state index contributed by atoms with van der Waals surface area (Å²) in [7, 11) is 0. The van der Waals surface area contributed by atoms with Crippen LogP contribution >= 0.6 is 88.4 Å². The van der Waals surface area contributed by atoms with Crippen molar-refractivity contribution < 1.29 is 47.4 Å². The lowest BCUT2D eigenvalue weighted by molar-refractivity contribution is -0.154. The lowest BCUT2D eigenvalue weighted by atomic mass is 9.89. The van der Waals surface area contributed by atoms with E-state index in [0.29, 0.717) is 106 Å². The summed E-state index contributed by atoms with van der Waals surface area (Å²) in [5.74, 6) is 5.12. The highest BCUT2D eigenvalue weighted by atomic mass is 32.1. The maximum atomic E-state index is 6.73. The van der Waals surface area contributed by atoms with Gasteiger partial charge in [-0.05, 0) is 85.2 Å². The Morgan fingerprint density at radius 3 is 0.714 bits per heavy atom. The molecule has 0 saturated heterocycles. The molecule has 0 heterocycles. The zero-order valence-electron chi connectivity index (χ0n) is 33.8. The highest BCUT2D eigenvalue weighted by Crippen LogP contribution is 2.28. The van der Waals surface area contributed by atoms with Crippen molar-refractivity contribution >= 4 is 88.4 Å². The van der Waals surface area contributed by atoms with Crippen LogP contribution in [0.2, 0.25) is 0 Å². The molecule has 334 valence electrons. The largest absolute Gasteiger partial charge is 0.492 e. The predicted molar refractivity (Wildman–Crippen MR) is 254 cm³/mol. The van der Waals surface area contributed by atoms with Crippen molar-refractivity contribution in [1.82, 2.24) is 0 Å². The molecule has 0 N–H and O–H groups in total. The van der Waals surface area contributed by atoms with Crippen molar-refractivity contribution in [2.45, 2.75) is 44.9 Å². The van der Waals surface area contributed by atoms with E-state index >= 15 is 0 Å². The Balaban J connectivity index is 6.53. The van der Waals surface area contributed by atoms with E-state index in [0.717, 1.165) is 85.2 Å². The molecule has 0 bridgehead atoms. The summed E-state index contributed by atoms with van der Waals surface area (Å²) in [6, 6.07) is 0. The standard InChI is InChI=1S/C39H76O10S7/c1-2-10-40-25-37(26-41-11-3-18-50,27-42-12-4-19-51)33-48-35-39(31-46-16-8-23-55,32-47-17-9-24-56)36-49-34-38(28-43-13-5-20-52,29-44-14-6-21-53)30-45-15-7-22-54/h10,50-56H,1,3-9,11-36H2. The number of hydrogen-bond donors (Lipinski definition) is 7. The van der Waals surface area contributed by atoms with Crippen LogP contribution < -0.4 is 0 Å². The van der Waals surface area contributed by atoms with Crippen molar-refractivity contribution in [1.29, 1.82) is 0 Å². The molecule has 17 heteroatoms. The highest BCUT2D eigenvalue weighted by molar-refractivity contribution is 7.81. The van der Waals surface area contributed by atoms with E-state index in [1.54, 1.807) is 0 Å². The normalized spacial score (nSPS) is 12.3. The van der Waals surface area contributed by atoms with E-state index in [1.165, 1.54) is 6.26 Å². The van der Waals surface area contributed by atoms with E-state index in [-0.39, 0.29) is 19.8 Å². The second-order valence-electron chi connectivity index (χ2n) is 14.0. The summed E-state index contributed by atoms with van der Waals surface area (Å²) in [5, 5.41) is 0. The Bertz CT molecular complexity index is 838. The highest BCUT2D eigenvalue weighted by Gasteiger charge is 2.39. The Morgan fingerprint density at radius 2 is 0.518 bits per heavy atom. The van der Waals surface area contributed by atoms with Crippen LogP contribution in [-0.4, -0.2) is 166 Å². The molecule has 0 aromatic rings. The van der Waals surface area contributed by atoms with Gasteiger partial charge in [-0.25, -0.2) is 0 Å². The third-order valence-electron chi connectivity index (χ3n) is 8.17. The molecule has 0 unspecified atom stereocenters. The van der Waals surface area contributed by atoms with Crippen LogP contribution in [0.25, 0.3) is 0 Å². The van der Waals surface area contributed by atoms with Gasteiger partial charge in [-0.3, -0.25) is 0 Å². The molecule has 0 aliphatic heterocycles. The molecule has 0 saturated carbocycles. The van der Waals surface area contributed by atoms with E-state index in [9.17, 15) is 0 Å². The first-order valence-corrected chi connectivity index (χ1v) is 24.2. The van der Waals surface area contributed by atoms with E-state index in [4.69, 9.17) is 47.4 Å². The monoisotopic (exact) mass is 928 g/mol. The Kier molecular flexibility index (Phi) is 42.8. The number of rotatable bonds is 46. The van der Waals surface area contributed by atoms with Gasteiger partial charge in [0.1, 0.15) is 12.9 Å². The number of hydrogen-bond acceptors (Lipinski definition) is 17. The van der Waals surface area contributed by atoms with Crippen LogP contribution in [0.15, 0.2) is 18.6 Å². The van der Waals surface area contributed by atoms with E-state index in [2.05, 4.69) is 101 Å². The van der Waals surface area contributed by atoms with E-state index < -0.39 is 16.2 Å². The molecule has 0 atom stereocenters. The van der Waals surface area contributed by atoms with Gasteiger partial charge in [0, 0.05) is 46.2 Å². The predicted octanol–water partition coefficient (Wildman–Crippen LogP) is 6.65. The van der Waals surface area contributed by atoms with Crippen LogP contribution in [0, 0.1) is 16.2 Å². The Labute approximate surface area is 378 Å². The summed E-state index contributed by atoms with van der Waals surface area (Å²) in [6.45, 7) is 11.7. The average Bonchev–Trinajstić information content (AvgIpc) is 3.20. The summed E-state index contributed by atoms with van der Waals surface area (Å²) in [6.07, 6.45) is 7.24. The third-order valence-corrected chi connectivity index (χ3v) is 10.4. The molecule has 56 heavy (non-hydrogen) atoms. The first kappa shape index (κ1) is 57.4. The van der Waals surface area contributed by atoms with Gasteiger partial charge in [0.15, 0.2) is 0 Å². The third kappa shape index (κ3) is 31.3. The summed E-state index contributed by atoms with van der Waals surface area (Å²) in [5.41, 5.74) is 0.844. The molecule has 0 aliphatic rings. The van der Waals surface area contributed by atoms with Gasteiger partial charge in [0.05, 0.1) is 88.9 Å².